The minimum Gasteiger partial charge on any atom is -0.455 e. The predicted molar refractivity (Wildman–Crippen MR) is 389 cm³/mol. The fraction of sp³-hybridized carbons (Fsp3) is 0. The SMILES string of the molecule is c1ccc(-c2oc3cc(N(c4ccc(-c5c6ccccc6c(-c6ccc(N(c7cccc(-c8ccncc8)c7)c7ccc8c(-c9ccccc9)c(-c9ccccc9)oc8c7)cc6)c6ccccc56)cc4)c4cccc(-c5ccncc5)c4)ccc3c2-c2ccccc2)cc1. The summed E-state index contributed by atoms with van der Waals surface area (Å²) in [5.74, 6) is 1.69. The molecule has 0 N–H and O–H groups in total. The maximum atomic E-state index is 6.97. The number of furan rings is 2. The molecule has 0 saturated carbocycles. The number of hydrogen-bond acceptors (Lipinski definition) is 6. The van der Waals surface area contributed by atoms with Crippen LogP contribution < -0.4 is 9.80 Å². The molecule has 0 fully saturated rings. The van der Waals surface area contributed by atoms with E-state index in [-0.39, 0.29) is 0 Å². The lowest BCUT2D eigenvalue weighted by molar-refractivity contribution is 0.632. The van der Waals surface area contributed by atoms with Gasteiger partial charge in [0.25, 0.3) is 0 Å². The van der Waals surface area contributed by atoms with Crippen LogP contribution in [0.2, 0.25) is 0 Å². The summed E-state index contributed by atoms with van der Waals surface area (Å²) in [6, 6.07) is 117. The number of nitrogens with zero attached hydrogens (tertiary/aromatic N) is 4. The van der Waals surface area contributed by atoms with Crippen molar-refractivity contribution in [3.8, 4) is 89.4 Å². The Morgan fingerprint density at radius 1 is 0.191 bits per heavy atom. The van der Waals surface area contributed by atoms with Crippen LogP contribution in [-0.4, -0.2) is 9.97 Å². The molecule has 0 atom stereocenters. The maximum Gasteiger partial charge on any atom is 0.143 e. The van der Waals surface area contributed by atoms with Crippen molar-refractivity contribution < 1.29 is 8.83 Å². The lowest BCUT2D eigenvalue weighted by atomic mass is 9.86. The van der Waals surface area contributed by atoms with E-state index in [9.17, 15) is 0 Å². The third-order valence-electron chi connectivity index (χ3n) is 18.1. The Morgan fingerprint density at radius 3 is 0.851 bits per heavy atom. The Labute approximate surface area is 544 Å². The lowest BCUT2D eigenvalue weighted by Crippen LogP contribution is -2.10. The summed E-state index contributed by atoms with van der Waals surface area (Å²) in [7, 11) is 0. The second-order valence-electron chi connectivity index (χ2n) is 23.6. The van der Waals surface area contributed by atoms with E-state index < -0.39 is 0 Å². The van der Waals surface area contributed by atoms with E-state index >= 15 is 0 Å². The third-order valence-corrected chi connectivity index (χ3v) is 18.1. The van der Waals surface area contributed by atoms with E-state index in [4.69, 9.17) is 8.83 Å². The summed E-state index contributed by atoms with van der Waals surface area (Å²) in [6.45, 7) is 0. The second-order valence-corrected chi connectivity index (χ2v) is 23.6. The summed E-state index contributed by atoms with van der Waals surface area (Å²) in [5.41, 5.74) is 23.0. The Hall–Kier alpha value is -12.6. The topological polar surface area (TPSA) is 58.5 Å². The van der Waals surface area contributed by atoms with Crippen molar-refractivity contribution in [2.45, 2.75) is 0 Å². The molecule has 442 valence electrons. The summed E-state index contributed by atoms with van der Waals surface area (Å²) in [6.07, 6.45) is 7.39. The lowest BCUT2D eigenvalue weighted by Gasteiger charge is -2.27. The van der Waals surface area contributed by atoms with Crippen molar-refractivity contribution in [2.75, 3.05) is 9.80 Å². The molecular formula is C88H58N4O2. The van der Waals surface area contributed by atoms with E-state index in [1.807, 2.05) is 36.9 Å². The number of hydrogen-bond donors (Lipinski definition) is 0. The smallest absolute Gasteiger partial charge is 0.143 e. The first-order valence-corrected chi connectivity index (χ1v) is 31.7. The van der Waals surface area contributed by atoms with Gasteiger partial charge in [0.2, 0.25) is 0 Å². The van der Waals surface area contributed by atoms with Crippen molar-refractivity contribution in [1.29, 1.82) is 0 Å². The average Bonchev–Trinajstić information content (AvgIpc) is 1.11. The molecule has 0 spiro atoms. The van der Waals surface area contributed by atoms with Crippen molar-refractivity contribution in [1.82, 2.24) is 9.97 Å². The zero-order valence-electron chi connectivity index (χ0n) is 51.1. The molecule has 0 amide bonds. The quantitative estimate of drug-likeness (QED) is 0.101. The molecule has 0 aliphatic rings. The molecule has 94 heavy (non-hydrogen) atoms. The minimum absolute atomic E-state index is 0.807. The molecule has 4 aromatic heterocycles. The van der Waals surface area contributed by atoms with Crippen LogP contribution in [0.25, 0.3) is 133 Å². The van der Waals surface area contributed by atoms with Crippen molar-refractivity contribution in [2.24, 2.45) is 0 Å². The van der Waals surface area contributed by atoms with Gasteiger partial charge in [-0.3, -0.25) is 9.97 Å². The zero-order valence-corrected chi connectivity index (χ0v) is 51.1. The van der Waals surface area contributed by atoms with E-state index in [0.29, 0.717) is 0 Å². The Morgan fingerprint density at radius 2 is 0.489 bits per heavy atom. The predicted octanol–water partition coefficient (Wildman–Crippen LogP) is 24.6. The van der Waals surface area contributed by atoms with Crippen LogP contribution in [-0.2, 0) is 0 Å². The molecule has 17 aromatic rings. The number of pyridine rings is 2. The Kier molecular flexibility index (Phi) is 14.1. The van der Waals surface area contributed by atoms with Gasteiger partial charge >= 0.3 is 0 Å². The number of aromatic nitrogens is 2. The number of rotatable bonds is 14. The zero-order chi connectivity index (χ0) is 62.3. The standard InChI is InChI=1S/C88H58N4O2/c1-5-19-61(20-6-1)85-79-45-43-73(57-81(79)93-87(85)65-23-9-3-10-24-65)91(71-29-17-27-67(55-71)59-47-51-89-52-48-59)69-39-35-63(36-40-69)83-75-31-13-15-33-77(75)84(78-34-16-14-32-76(78)83)64-37-41-70(42-38-64)92(72-30-18-28-68(56-72)60-49-53-90-54-50-60)74-44-46-80-82(58-74)94-88(66-25-11-4-12-26-66)86(80)62-21-7-2-8-22-62/h1-58H. The van der Waals surface area contributed by atoms with Crippen molar-refractivity contribution in [3.63, 3.8) is 0 Å². The average molecular weight is 1200 g/mol. The molecule has 0 aliphatic heterocycles. The molecule has 0 bridgehead atoms. The fourth-order valence-corrected chi connectivity index (χ4v) is 13.8. The highest BCUT2D eigenvalue weighted by Gasteiger charge is 2.25. The van der Waals surface area contributed by atoms with Gasteiger partial charge in [0.1, 0.15) is 22.7 Å². The van der Waals surface area contributed by atoms with Crippen molar-refractivity contribution in [3.05, 3.63) is 352 Å². The minimum atomic E-state index is 0.807. The molecule has 17 rings (SSSR count). The van der Waals surface area contributed by atoms with Crippen LogP contribution in [0.5, 0.6) is 0 Å². The first-order chi connectivity index (χ1) is 46.6. The highest BCUT2D eigenvalue weighted by molar-refractivity contribution is 6.21. The summed E-state index contributed by atoms with van der Waals surface area (Å²) in [4.78, 5) is 13.3. The molecule has 6 heteroatoms. The Balaban J connectivity index is 0.774. The summed E-state index contributed by atoms with van der Waals surface area (Å²) >= 11 is 0. The highest BCUT2D eigenvalue weighted by atomic mass is 16.3. The van der Waals surface area contributed by atoms with Crippen LogP contribution in [0.1, 0.15) is 0 Å². The maximum absolute atomic E-state index is 6.97. The highest BCUT2D eigenvalue weighted by Crippen LogP contribution is 2.49. The first kappa shape index (κ1) is 55.4. The molecule has 13 aromatic carbocycles. The van der Waals surface area contributed by atoms with Crippen LogP contribution in [0.15, 0.2) is 361 Å². The van der Waals surface area contributed by atoms with E-state index in [1.54, 1.807) is 0 Å². The molecule has 6 nitrogen and oxygen atoms in total. The third kappa shape index (κ3) is 10.1. The van der Waals surface area contributed by atoms with Gasteiger partial charge < -0.3 is 18.6 Å². The second kappa shape index (κ2) is 24.0. The number of fused-ring (bicyclic) bond motifs is 4. The van der Waals surface area contributed by atoms with Gasteiger partial charge in [-0.1, -0.05) is 218 Å². The first-order valence-electron chi connectivity index (χ1n) is 31.7. The molecule has 0 radical (unpaired) electrons. The molecule has 4 heterocycles. The fourth-order valence-electron chi connectivity index (χ4n) is 13.8. The molecule has 0 saturated heterocycles. The van der Waals surface area contributed by atoms with Gasteiger partial charge in [-0.15, -0.1) is 0 Å². The van der Waals surface area contributed by atoms with Crippen LogP contribution in [0.3, 0.4) is 0 Å². The van der Waals surface area contributed by atoms with Crippen molar-refractivity contribution >= 4 is 77.6 Å². The van der Waals surface area contributed by atoms with Crippen LogP contribution >= 0.6 is 0 Å². The van der Waals surface area contributed by atoms with Gasteiger partial charge in [0.15, 0.2) is 0 Å². The largest absolute Gasteiger partial charge is 0.455 e. The summed E-state index contributed by atoms with van der Waals surface area (Å²) in [5, 5.41) is 6.80. The van der Waals surface area contributed by atoms with Gasteiger partial charge in [-0.2, -0.15) is 0 Å². The molecule has 0 aliphatic carbocycles. The Bertz CT molecular complexity index is 5170. The van der Waals surface area contributed by atoms with Gasteiger partial charge in [-0.25, -0.2) is 0 Å². The monoisotopic (exact) mass is 1200 g/mol. The van der Waals surface area contributed by atoms with E-state index in [0.717, 1.165) is 134 Å². The number of benzene rings is 13. The van der Waals surface area contributed by atoms with E-state index in [1.165, 1.54) is 32.7 Å². The van der Waals surface area contributed by atoms with Crippen LogP contribution in [0.4, 0.5) is 34.1 Å². The molecule has 0 unspecified atom stereocenters. The van der Waals surface area contributed by atoms with Gasteiger partial charge in [0, 0.05) is 104 Å². The normalized spacial score (nSPS) is 11.4. The van der Waals surface area contributed by atoms with Gasteiger partial charge in [-0.05, 0) is 174 Å². The van der Waals surface area contributed by atoms with E-state index in [2.05, 4.69) is 335 Å². The molecular weight excluding hydrogens is 1140 g/mol. The summed E-state index contributed by atoms with van der Waals surface area (Å²) < 4.78 is 13.9. The number of anilines is 6. The van der Waals surface area contributed by atoms with Gasteiger partial charge in [0.05, 0.1) is 0 Å². The van der Waals surface area contributed by atoms with Crippen LogP contribution in [0, 0.1) is 0 Å².